The summed E-state index contributed by atoms with van der Waals surface area (Å²) in [5.41, 5.74) is 0.407. The fraction of sp³-hybridized carbons (Fsp3) is 0.125. The van der Waals surface area contributed by atoms with Crippen molar-refractivity contribution in [3.05, 3.63) is 31.3 Å². The van der Waals surface area contributed by atoms with Gasteiger partial charge in [-0.3, -0.25) is 4.79 Å². The molecule has 1 aromatic carbocycles. The van der Waals surface area contributed by atoms with Crippen LogP contribution in [0.25, 0.3) is 0 Å². The second-order valence-corrected chi connectivity index (χ2v) is 4.44. The fourth-order valence-corrected chi connectivity index (χ4v) is 2.33. The molecule has 0 saturated heterocycles. The molecule has 13 heavy (non-hydrogen) atoms. The van der Waals surface area contributed by atoms with Gasteiger partial charge in [0.15, 0.2) is 5.78 Å². The van der Waals surface area contributed by atoms with Crippen LogP contribution < -0.4 is 0 Å². The average Bonchev–Trinajstić information content (AvgIpc) is 2.12. The average molecular weight is 349 g/mol. The molecule has 0 saturated carbocycles. The molecule has 5 heteroatoms. The Balaban J connectivity index is 3.33. The third kappa shape index (κ3) is 2.49. The van der Waals surface area contributed by atoms with Crippen molar-refractivity contribution in [1.82, 2.24) is 0 Å². The van der Waals surface area contributed by atoms with Gasteiger partial charge in [0, 0.05) is 3.57 Å². The van der Waals surface area contributed by atoms with E-state index in [1.165, 1.54) is 0 Å². The molecular weight excluding hydrogens is 345 g/mol. The van der Waals surface area contributed by atoms with E-state index < -0.39 is 0 Å². The Labute approximate surface area is 104 Å². The van der Waals surface area contributed by atoms with Gasteiger partial charge >= 0.3 is 0 Å². The number of rotatable bonds is 2. The minimum atomic E-state index is -0.210. The van der Waals surface area contributed by atoms with Crippen molar-refractivity contribution in [1.29, 1.82) is 0 Å². The van der Waals surface area contributed by atoms with Crippen LogP contribution in [0.4, 0.5) is 0 Å². The summed E-state index contributed by atoms with van der Waals surface area (Å²) < 4.78 is 0.650. The molecule has 0 heterocycles. The first-order chi connectivity index (χ1) is 6.07. The van der Waals surface area contributed by atoms with Gasteiger partial charge in [-0.1, -0.05) is 23.2 Å². The molecule has 0 aliphatic carbocycles. The Kier molecular flexibility index (Phi) is 4.29. The molecule has 0 aromatic heterocycles. The third-order valence-corrected chi connectivity index (χ3v) is 3.76. The van der Waals surface area contributed by atoms with Crippen molar-refractivity contribution in [2.75, 3.05) is 5.88 Å². The number of halogens is 4. The molecule has 0 amide bonds. The molecular formula is C8H4Cl3IO. The van der Waals surface area contributed by atoms with Gasteiger partial charge in [-0.05, 0) is 34.7 Å². The zero-order valence-electron chi connectivity index (χ0n) is 6.28. The topological polar surface area (TPSA) is 17.1 Å². The van der Waals surface area contributed by atoms with Crippen LogP contribution in [0.2, 0.25) is 10.0 Å². The number of hydrogen-bond donors (Lipinski definition) is 0. The summed E-state index contributed by atoms with van der Waals surface area (Å²) in [6.07, 6.45) is 0. The van der Waals surface area contributed by atoms with Gasteiger partial charge in [0.2, 0.25) is 0 Å². The summed E-state index contributed by atoms with van der Waals surface area (Å²) in [6.45, 7) is 0. The highest BCUT2D eigenvalue weighted by molar-refractivity contribution is 14.1. The number of benzene rings is 1. The van der Waals surface area contributed by atoms with Gasteiger partial charge in [0.05, 0.1) is 21.5 Å². The molecule has 0 fully saturated rings. The number of Topliss-reactive ketones (excluding diaryl/α,β-unsaturated/α-hetero) is 1. The molecule has 1 aromatic rings. The first kappa shape index (κ1) is 11.6. The van der Waals surface area contributed by atoms with Crippen molar-refractivity contribution in [3.8, 4) is 0 Å². The lowest BCUT2D eigenvalue weighted by Crippen LogP contribution is -2.04. The first-order valence-corrected chi connectivity index (χ1v) is 5.67. The molecule has 0 bridgehead atoms. The number of carbonyl (C=O) groups is 1. The van der Waals surface area contributed by atoms with Crippen LogP contribution in [0.1, 0.15) is 10.4 Å². The van der Waals surface area contributed by atoms with Crippen molar-refractivity contribution in [2.24, 2.45) is 0 Å². The van der Waals surface area contributed by atoms with E-state index in [1.807, 2.05) is 22.6 Å². The monoisotopic (exact) mass is 348 g/mol. The molecule has 0 aliphatic heterocycles. The molecule has 0 radical (unpaired) electrons. The zero-order chi connectivity index (χ0) is 10.0. The second kappa shape index (κ2) is 4.82. The Morgan fingerprint density at radius 2 is 1.85 bits per heavy atom. The zero-order valence-corrected chi connectivity index (χ0v) is 10.7. The van der Waals surface area contributed by atoms with Gasteiger partial charge in [0.1, 0.15) is 0 Å². The van der Waals surface area contributed by atoms with Gasteiger partial charge in [-0.2, -0.15) is 0 Å². The summed E-state index contributed by atoms with van der Waals surface area (Å²) in [7, 11) is 0. The van der Waals surface area contributed by atoms with E-state index in [-0.39, 0.29) is 11.7 Å². The van der Waals surface area contributed by atoms with E-state index in [1.54, 1.807) is 12.1 Å². The summed E-state index contributed by atoms with van der Waals surface area (Å²) >= 11 is 19.1. The fourth-order valence-electron chi connectivity index (χ4n) is 0.849. The van der Waals surface area contributed by atoms with Crippen LogP contribution >= 0.6 is 57.4 Å². The lowest BCUT2D eigenvalue weighted by atomic mass is 10.1. The van der Waals surface area contributed by atoms with Crippen LogP contribution in [0, 0.1) is 3.57 Å². The SMILES string of the molecule is O=C(CCl)c1c(Cl)ccc(Cl)c1I. The summed E-state index contributed by atoms with van der Waals surface area (Å²) in [4.78, 5) is 11.3. The molecule has 1 rings (SSSR count). The molecule has 70 valence electrons. The Morgan fingerprint density at radius 3 is 2.38 bits per heavy atom. The molecule has 0 N–H and O–H groups in total. The minimum Gasteiger partial charge on any atom is -0.293 e. The lowest BCUT2D eigenvalue weighted by Gasteiger charge is -2.05. The Hall–Kier alpha value is 0.490. The second-order valence-electron chi connectivity index (χ2n) is 2.27. The van der Waals surface area contributed by atoms with Crippen LogP contribution in [0.15, 0.2) is 12.1 Å². The highest BCUT2D eigenvalue weighted by Gasteiger charge is 2.15. The van der Waals surface area contributed by atoms with E-state index in [2.05, 4.69) is 0 Å². The van der Waals surface area contributed by atoms with Crippen molar-refractivity contribution < 1.29 is 4.79 Å². The van der Waals surface area contributed by atoms with Crippen LogP contribution in [0.5, 0.6) is 0 Å². The van der Waals surface area contributed by atoms with E-state index in [4.69, 9.17) is 34.8 Å². The van der Waals surface area contributed by atoms with E-state index in [0.717, 1.165) is 0 Å². The maximum absolute atomic E-state index is 11.3. The molecule has 0 spiro atoms. The predicted octanol–water partition coefficient (Wildman–Crippen LogP) is 4.02. The van der Waals surface area contributed by atoms with Crippen molar-refractivity contribution in [3.63, 3.8) is 0 Å². The van der Waals surface area contributed by atoms with Crippen LogP contribution in [-0.2, 0) is 0 Å². The molecule has 0 unspecified atom stereocenters. The Morgan fingerprint density at radius 1 is 1.31 bits per heavy atom. The largest absolute Gasteiger partial charge is 0.293 e. The predicted molar refractivity (Wildman–Crippen MR) is 64.2 cm³/mol. The normalized spacial score (nSPS) is 10.2. The van der Waals surface area contributed by atoms with E-state index in [0.29, 0.717) is 19.2 Å². The third-order valence-electron chi connectivity index (χ3n) is 1.44. The van der Waals surface area contributed by atoms with E-state index in [9.17, 15) is 4.79 Å². The highest BCUT2D eigenvalue weighted by Crippen LogP contribution is 2.28. The number of ketones is 1. The minimum absolute atomic E-state index is 0.0872. The highest BCUT2D eigenvalue weighted by atomic mass is 127. The van der Waals surface area contributed by atoms with E-state index >= 15 is 0 Å². The summed E-state index contributed by atoms with van der Waals surface area (Å²) in [5, 5.41) is 0.901. The number of alkyl halides is 1. The van der Waals surface area contributed by atoms with Crippen molar-refractivity contribution >= 4 is 63.2 Å². The van der Waals surface area contributed by atoms with Crippen LogP contribution in [-0.4, -0.2) is 11.7 Å². The molecule has 1 nitrogen and oxygen atoms in total. The van der Waals surface area contributed by atoms with Gasteiger partial charge < -0.3 is 0 Å². The maximum atomic E-state index is 11.3. The van der Waals surface area contributed by atoms with Crippen molar-refractivity contribution in [2.45, 2.75) is 0 Å². The smallest absolute Gasteiger partial charge is 0.180 e. The summed E-state index contributed by atoms with van der Waals surface area (Å²) in [6, 6.07) is 3.24. The standard InChI is InChI=1S/C8H4Cl3IO/c9-3-6(13)7-4(10)1-2-5(11)8(7)12/h1-2H,3H2. The first-order valence-electron chi connectivity index (χ1n) is 3.30. The lowest BCUT2D eigenvalue weighted by molar-refractivity contribution is 0.102. The number of carbonyl (C=O) groups excluding carboxylic acids is 1. The van der Waals surface area contributed by atoms with Gasteiger partial charge in [-0.15, -0.1) is 11.6 Å². The van der Waals surface area contributed by atoms with Gasteiger partial charge in [-0.25, -0.2) is 0 Å². The maximum Gasteiger partial charge on any atom is 0.180 e. The van der Waals surface area contributed by atoms with Gasteiger partial charge in [0.25, 0.3) is 0 Å². The quantitative estimate of drug-likeness (QED) is 0.341. The molecule has 0 atom stereocenters. The summed E-state index contributed by atoms with van der Waals surface area (Å²) in [5.74, 6) is -0.297. The van der Waals surface area contributed by atoms with Crippen LogP contribution in [0.3, 0.4) is 0 Å². The number of hydrogen-bond acceptors (Lipinski definition) is 1. The molecule has 0 aliphatic rings. The Bertz CT molecular complexity index is 351.